The molecule has 0 unspecified atom stereocenters. The molecule has 0 saturated carbocycles. The first-order valence-corrected chi connectivity index (χ1v) is 5.98. The zero-order chi connectivity index (χ0) is 15.8. The van der Waals surface area contributed by atoms with Gasteiger partial charge in [0.15, 0.2) is 0 Å². The van der Waals surface area contributed by atoms with Crippen LogP contribution in [0, 0.1) is 13.8 Å². The molecular formula is C13H12F3N3O2. The molecule has 21 heavy (non-hydrogen) atoms. The zero-order valence-corrected chi connectivity index (χ0v) is 11.3. The number of carboxylic acid groups (broad SMARTS) is 1. The fourth-order valence-corrected chi connectivity index (χ4v) is 2.05. The summed E-state index contributed by atoms with van der Waals surface area (Å²) in [7, 11) is 0. The molecule has 2 rings (SSSR count). The Labute approximate surface area is 118 Å². The van der Waals surface area contributed by atoms with Gasteiger partial charge in [-0.05, 0) is 25.5 Å². The van der Waals surface area contributed by atoms with Crippen LogP contribution < -0.4 is 0 Å². The molecule has 0 aliphatic carbocycles. The van der Waals surface area contributed by atoms with Crippen molar-refractivity contribution in [1.82, 2.24) is 14.5 Å². The Balaban J connectivity index is 2.54. The summed E-state index contributed by atoms with van der Waals surface area (Å²) in [5.74, 6) is -0.923. The second-order valence-corrected chi connectivity index (χ2v) is 4.59. The van der Waals surface area contributed by atoms with Crippen LogP contribution in [0.2, 0.25) is 0 Å². The molecule has 112 valence electrons. The van der Waals surface area contributed by atoms with Crippen molar-refractivity contribution in [2.45, 2.75) is 26.6 Å². The SMILES string of the molecule is Cc1ncc(Cn2c(C(F)(F)F)cc(C)c2C(=O)O)cn1. The Kier molecular flexibility index (Phi) is 3.71. The number of aromatic nitrogens is 3. The van der Waals surface area contributed by atoms with Crippen LogP contribution in [-0.4, -0.2) is 25.6 Å². The van der Waals surface area contributed by atoms with Crippen molar-refractivity contribution in [2.24, 2.45) is 0 Å². The third-order valence-corrected chi connectivity index (χ3v) is 2.96. The van der Waals surface area contributed by atoms with E-state index in [9.17, 15) is 18.0 Å². The molecule has 8 heteroatoms. The maximum absolute atomic E-state index is 13.0. The lowest BCUT2D eigenvalue weighted by Crippen LogP contribution is -2.18. The number of aryl methyl sites for hydroxylation is 2. The summed E-state index contributed by atoms with van der Waals surface area (Å²) in [5.41, 5.74) is -0.937. The monoisotopic (exact) mass is 299 g/mol. The number of hydrogen-bond acceptors (Lipinski definition) is 3. The summed E-state index contributed by atoms with van der Waals surface area (Å²) in [6, 6.07) is 0.832. The maximum atomic E-state index is 13.0. The lowest BCUT2D eigenvalue weighted by Gasteiger charge is -2.13. The summed E-state index contributed by atoms with van der Waals surface area (Å²) in [6.07, 6.45) is -1.88. The summed E-state index contributed by atoms with van der Waals surface area (Å²) in [6.45, 7) is 2.72. The van der Waals surface area contributed by atoms with E-state index in [1.807, 2.05) is 0 Å². The molecule has 0 bridgehead atoms. The Morgan fingerprint density at radius 3 is 2.33 bits per heavy atom. The fraction of sp³-hybridized carbons (Fsp3) is 0.308. The van der Waals surface area contributed by atoms with Crippen molar-refractivity contribution in [3.05, 3.63) is 46.8 Å². The standard InChI is InChI=1S/C13H12F3N3O2/c1-7-3-10(13(14,15)16)19(11(7)12(20)21)6-9-4-17-8(2)18-5-9/h3-5H,6H2,1-2H3,(H,20,21). The van der Waals surface area contributed by atoms with Gasteiger partial charge < -0.3 is 9.67 Å². The van der Waals surface area contributed by atoms with E-state index in [1.165, 1.54) is 19.3 Å². The fourth-order valence-electron chi connectivity index (χ4n) is 2.05. The highest BCUT2D eigenvalue weighted by Crippen LogP contribution is 2.33. The highest BCUT2D eigenvalue weighted by atomic mass is 19.4. The van der Waals surface area contributed by atoms with Gasteiger partial charge in [0.1, 0.15) is 17.2 Å². The predicted molar refractivity (Wildman–Crippen MR) is 67.0 cm³/mol. The van der Waals surface area contributed by atoms with Gasteiger partial charge in [0.2, 0.25) is 0 Å². The van der Waals surface area contributed by atoms with Crippen molar-refractivity contribution in [2.75, 3.05) is 0 Å². The predicted octanol–water partition coefficient (Wildman–Crippen LogP) is 2.66. The lowest BCUT2D eigenvalue weighted by molar-refractivity contribution is -0.143. The molecule has 2 aromatic heterocycles. The van der Waals surface area contributed by atoms with Gasteiger partial charge in [-0.15, -0.1) is 0 Å². The van der Waals surface area contributed by atoms with E-state index in [1.54, 1.807) is 6.92 Å². The van der Waals surface area contributed by atoms with Crippen molar-refractivity contribution < 1.29 is 23.1 Å². The number of halogens is 3. The van der Waals surface area contributed by atoms with Gasteiger partial charge in [0.05, 0.1) is 6.54 Å². The number of aromatic carboxylic acids is 1. The van der Waals surface area contributed by atoms with Crippen LogP contribution in [0.15, 0.2) is 18.5 Å². The maximum Gasteiger partial charge on any atom is 0.431 e. The quantitative estimate of drug-likeness (QED) is 0.946. The third-order valence-electron chi connectivity index (χ3n) is 2.96. The minimum Gasteiger partial charge on any atom is -0.477 e. The van der Waals surface area contributed by atoms with E-state index in [-0.39, 0.29) is 17.8 Å². The first-order chi connectivity index (χ1) is 9.70. The number of nitrogens with zero attached hydrogens (tertiary/aromatic N) is 3. The van der Waals surface area contributed by atoms with Crippen molar-refractivity contribution in [3.63, 3.8) is 0 Å². The van der Waals surface area contributed by atoms with Crippen molar-refractivity contribution in [1.29, 1.82) is 0 Å². The van der Waals surface area contributed by atoms with E-state index in [4.69, 9.17) is 5.11 Å². The van der Waals surface area contributed by atoms with Crippen LogP contribution in [0.25, 0.3) is 0 Å². The molecule has 1 N–H and O–H groups in total. The van der Waals surface area contributed by atoms with E-state index in [0.29, 0.717) is 11.4 Å². The van der Waals surface area contributed by atoms with Gasteiger partial charge in [-0.1, -0.05) is 0 Å². The van der Waals surface area contributed by atoms with Gasteiger partial charge >= 0.3 is 12.1 Å². The van der Waals surface area contributed by atoms with Crippen LogP contribution >= 0.6 is 0 Å². The average Bonchev–Trinajstić information content (AvgIpc) is 2.69. The normalized spacial score (nSPS) is 11.7. The molecule has 2 heterocycles. The molecule has 0 aromatic carbocycles. The smallest absolute Gasteiger partial charge is 0.431 e. The van der Waals surface area contributed by atoms with Gasteiger partial charge in [-0.25, -0.2) is 14.8 Å². The Morgan fingerprint density at radius 1 is 1.29 bits per heavy atom. The molecule has 0 fully saturated rings. The number of alkyl halides is 3. The van der Waals surface area contributed by atoms with Crippen molar-refractivity contribution >= 4 is 5.97 Å². The molecule has 0 saturated heterocycles. The van der Waals surface area contributed by atoms with Gasteiger partial charge in [0.25, 0.3) is 0 Å². The average molecular weight is 299 g/mol. The number of hydrogen-bond donors (Lipinski definition) is 1. The molecule has 2 aromatic rings. The summed E-state index contributed by atoms with van der Waals surface area (Å²) in [4.78, 5) is 19.0. The van der Waals surface area contributed by atoms with E-state index in [0.717, 1.165) is 10.6 Å². The summed E-state index contributed by atoms with van der Waals surface area (Å²) in [5, 5.41) is 9.13. The second kappa shape index (κ2) is 5.19. The number of carboxylic acids is 1. The van der Waals surface area contributed by atoms with E-state index in [2.05, 4.69) is 9.97 Å². The van der Waals surface area contributed by atoms with Crippen LogP contribution in [0.5, 0.6) is 0 Å². The van der Waals surface area contributed by atoms with Gasteiger partial charge in [-0.3, -0.25) is 0 Å². The topological polar surface area (TPSA) is 68.0 Å². The molecule has 5 nitrogen and oxygen atoms in total. The molecule has 0 aliphatic rings. The largest absolute Gasteiger partial charge is 0.477 e. The minimum atomic E-state index is -4.63. The third kappa shape index (κ3) is 3.04. The summed E-state index contributed by atoms with van der Waals surface area (Å²) < 4.78 is 39.8. The lowest BCUT2D eigenvalue weighted by atomic mass is 10.2. The number of rotatable bonds is 3. The number of carbonyl (C=O) groups is 1. The van der Waals surface area contributed by atoms with Crippen LogP contribution in [0.3, 0.4) is 0 Å². The molecule has 0 amide bonds. The van der Waals surface area contributed by atoms with Crippen LogP contribution in [-0.2, 0) is 12.7 Å². The van der Waals surface area contributed by atoms with Gasteiger partial charge in [0, 0.05) is 18.0 Å². The Morgan fingerprint density at radius 2 is 1.86 bits per heavy atom. The summed E-state index contributed by atoms with van der Waals surface area (Å²) >= 11 is 0. The Bertz CT molecular complexity index is 675. The molecule has 0 radical (unpaired) electrons. The molecule has 0 atom stereocenters. The molecule has 0 spiro atoms. The van der Waals surface area contributed by atoms with Crippen molar-refractivity contribution in [3.8, 4) is 0 Å². The minimum absolute atomic E-state index is 0.0582. The van der Waals surface area contributed by atoms with E-state index < -0.39 is 17.8 Å². The first-order valence-electron chi connectivity index (χ1n) is 5.98. The highest BCUT2D eigenvalue weighted by Gasteiger charge is 2.37. The van der Waals surface area contributed by atoms with Crippen LogP contribution in [0.4, 0.5) is 13.2 Å². The van der Waals surface area contributed by atoms with E-state index >= 15 is 0 Å². The highest BCUT2D eigenvalue weighted by molar-refractivity contribution is 5.88. The second-order valence-electron chi connectivity index (χ2n) is 4.59. The Hall–Kier alpha value is -2.38. The van der Waals surface area contributed by atoms with Gasteiger partial charge in [-0.2, -0.15) is 13.2 Å². The molecular weight excluding hydrogens is 287 g/mol. The molecule has 0 aliphatic heterocycles. The first kappa shape index (κ1) is 15.0. The zero-order valence-electron chi connectivity index (χ0n) is 11.3. The van der Waals surface area contributed by atoms with Crippen LogP contribution in [0.1, 0.15) is 33.1 Å².